The number of nitrogens with one attached hydrogen (secondary N) is 1. The summed E-state index contributed by atoms with van der Waals surface area (Å²) in [6, 6.07) is 6.75. The Kier molecular flexibility index (Phi) is 4.78. The third-order valence-corrected chi connectivity index (χ3v) is 4.53. The van der Waals surface area contributed by atoms with Gasteiger partial charge in [-0.1, -0.05) is 17.7 Å². The Hall–Kier alpha value is -3.11. The Labute approximate surface area is 156 Å². The van der Waals surface area contributed by atoms with Crippen LogP contribution in [0.25, 0.3) is 0 Å². The van der Waals surface area contributed by atoms with Crippen molar-refractivity contribution in [1.82, 2.24) is 9.97 Å². The van der Waals surface area contributed by atoms with Crippen LogP contribution in [0.1, 0.15) is 35.6 Å². The maximum atomic E-state index is 12.4. The van der Waals surface area contributed by atoms with Gasteiger partial charge in [-0.05, 0) is 49.1 Å². The number of carbonyl (C=O) groups excluding carboxylic acids is 1. The van der Waals surface area contributed by atoms with Gasteiger partial charge in [0.2, 0.25) is 0 Å². The zero-order valence-corrected chi connectivity index (χ0v) is 15.2. The van der Waals surface area contributed by atoms with E-state index < -0.39 is 5.54 Å². The van der Waals surface area contributed by atoms with E-state index in [2.05, 4.69) is 26.2 Å². The highest BCUT2D eigenvalue weighted by atomic mass is 32.2. The standard InChI is InChI=1S/C19H17N5OS/c1-4-13-5-6-15(22-11-13)17(25)23-14-7-8-21-16(9-14)19(3)10-12(2)26-18(20)24-19/h1,5-11H,2-3H3,(H2,20,24)(H,21,23,25)/t19-/m0/s1. The molecule has 3 N–H and O–H groups in total. The summed E-state index contributed by atoms with van der Waals surface area (Å²) in [7, 11) is 0. The van der Waals surface area contributed by atoms with Crippen LogP contribution in [0.3, 0.4) is 0 Å². The molecule has 130 valence electrons. The number of hydrogen-bond acceptors (Lipinski definition) is 6. The molecule has 0 bridgehead atoms. The number of pyridine rings is 2. The molecule has 3 heterocycles. The Morgan fingerprint density at radius 1 is 1.35 bits per heavy atom. The number of aromatic nitrogens is 2. The van der Waals surface area contributed by atoms with Crippen LogP contribution in [0.4, 0.5) is 5.69 Å². The molecule has 0 saturated heterocycles. The summed E-state index contributed by atoms with van der Waals surface area (Å²) in [5.74, 6) is 2.14. The minimum absolute atomic E-state index is 0.278. The molecule has 0 aromatic carbocycles. The zero-order chi connectivity index (χ0) is 18.7. The summed E-state index contributed by atoms with van der Waals surface area (Å²) >= 11 is 1.42. The number of anilines is 1. The van der Waals surface area contributed by atoms with E-state index in [1.807, 2.05) is 19.9 Å². The number of rotatable bonds is 3. The molecular formula is C19H17N5OS. The van der Waals surface area contributed by atoms with Crippen LogP contribution in [0.15, 0.2) is 52.6 Å². The molecule has 0 unspecified atom stereocenters. The molecule has 0 radical (unpaired) electrons. The van der Waals surface area contributed by atoms with Gasteiger partial charge in [0, 0.05) is 23.6 Å². The van der Waals surface area contributed by atoms with Crippen molar-refractivity contribution in [2.24, 2.45) is 10.7 Å². The second-order valence-corrected chi connectivity index (χ2v) is 7.18. The molecular weight excluding hydrogens is 346 g/mol. The van der Waals surface area contributed by atoms with Gasteiger partial charge >= 0.3 is 0 Å². The summed E-state index contributed by atoms with van der Waals surface area (Å²) in [6.45, 7) is 3.90. The van der Waals surface area contributed by atoms with E-state index in [1.165, 1.54) is 18.0 Å². The van der Waals surface area contributed by atoms with Crippen LogP contribution in [0, 0.1) is 12.3 Å². The smallest absolute Gasteiger partial charge is 0.274 e. The lowest BCUT2D eigenvalue weighted by Gasteiger charge is -2.26. The average molecular weight is 363 g/mol. The Bertz CT molecular complexity index is 939. The highest BCUT2D eigenvalue weighted by Crippen LogP contribution is 2.35. The minimum atomic E-state index is -0.674. The van der Waals surface area contributed by atoms with Crippen molar-refractivity contribution in [2.45, 2.75) is 19.4 Å². The average Bonchev–Trinajstić information content (AvgIpc) is 2.61. The molecule has 1 aliphatic heterocycles. The highest BCUT2D eigenvalue weighted by Gasteiger charge is 2.29. The summed E-state index contributed by atoms with van der Waals surface area (Å²) < 4.78 is 0. The van der Waals surface area contributed by atoms with Gasteiger partial charge in [0.05, 0.1) is 5.69 Å². The van der Waals surface area contributed by atoms with E-state index in [9.17, 15) is 4.79 Å². The van der Waals surface area contributed by atoms with E-state index in [1.54, 1.807) is 30.5 Å². The van der Waals surface area contributed by atoms with Gasteiger partial charge < -0.3 is 11.1 Å². The van der Waals surface area contributed by atoms with Crippen molar-refractivity contribution in [3.05, 3.63) is 64.6 Å². The number of thioether (sulfide) groups is 1. The molecule has 2 aromatic rings. The molecule has 0 fully saturated rings. The molecule has 0 saturated carbocycles. The molecule has 1 aliphatic rings. The van der Waals surface area contributed by atoms with E-state index >= 15 is 0 Å². The summed E-state index contributed by atoms with van der Waals surface area (Å²) in [5.41, 5.74) is 7.42. The first kappa shape index (κ1) is 17.7. The van der Waals surface area contributed by atoms with Crippen LogP contribution < -0.4 is 11.1 Å². The quantitative estimate of drug-likeness (QED) is 0.818. The van der Waals surface area contributed by atoms with Crippen LogP contribution in [-0.4, -0.2) is 21.0 Å². The predicted molar refractivity (Wildman–Crippen MR) is 105 cm³/mol. The summed E-state index contributed by atoms with van der Waals surface area (Å²) in [4.78, 5) is 26.4. The third kappa shape index (κ3) is 3.76. The number of carbonyl (C=O) groups is 1. The number of terminal acetylenes is 1. The first-order chi connectivity index (χ1) is 12.4. The Balaban J connectivity index is 1.84. The van der Waals surface area contributed by atoms with Gasteiger partial charge in [-0.2, -0.15) is 0 Å². The van der Waals surface area contributed by atoms with E-state index in [0.29, 0.717) is 22.1 Å². The van der Waals surface area contributed by atoms with E-state index in [4.69, 9.17) is 12.2 Å². The minimum Gasteiger partial charge on any atom is -0.378 e. The first-order valence-corrected chi connectivity index (χ1v) is 8.64. The fourth-order valence-corrected chi connectivity index (χ4v) is 3.45. The first-order valence-electron chi connectivity index (χ1n) is 7.83. The molecule has 1 amide bonds. The molecule has 26 heavy (non-hydrogen) atoms. The second-order valence-electron chi connectivity index (χ2n) is 5.91. The third-order valence-electron chi connectivity index (χ3n) is 3.79. The molecule has 0 aliphatic carbocycles. The van der Waals surface area contributed by atoms with E-state index in [-0.39, 0.29) is 11.6 Å². The van der Waals surface area contributed by atoms with Crippen LogP contribution in [-0.2, 0) is 5.54 Å². The normalized spacial score (nSPS) is 19.1. The molecule has 2 aromatic heterocycles. The molecule has 0 spiro atoms. The lowest BCUT2D eigenvalue weighted by Crippen LogP contribution is -2.26. The molecule has 7 heteroatoms. The Morgan fingerprint density at radius 2 is 2.15 bits per heavy atom. The summed E-state index contributed by atoms with van der Waals surface area (Å²) in [5, 5.41) is 3.30. The molecule has 3 rings (SSSR count). The van der Waals surface area contributed by atoms with E-state index in [0.717, 1.165) is 4.91 Å². The van der Waals surface area contributed by atoms with Crippen LogP contribution in [0.5, 0.6) is 0 Å². The zero-order valence-electron chi connectivity index (χ0n) is 14.4. The van der Waals surface area contributed by atoms with Gasteiger partial charge in [0.15, 0.2) is 5.17 Å². The van der Waals surface area contributed by atoms with Gasteiger partial charge in [-0.25, -0.2) is 9.98 Å². The van der Waals surface area contributed by atoms with Crippen LogP contribution in [0.2, 0.25) is 0 Å². The maximum Gasteiger partial charge on any atom is 0.274 e. The number of amidine groups is 1. The number of allylic oxidation sites excluding steroid dienone is 1. The number of nitrogens with zero attached hydrogens (tertiary/aromatic N) is 3. The Morgan fingerprint density at radius 3 is 2.81 bits per heavy atom. The van der Waals surface area contributed by atoms with Crippen molar-refractivity contribution in [3.63, 3.8) is 0 Å². The van der Waals surface area contributed by atoms with Crippen LogP contribution >= 0.6 is 11.8 Å². The fourth-order valence-electron chi connectivity index (χ4n) is 2.60. The largest absolute Gasteiger partial charge is 0.378 e. The SMILES string of the molecule is C#Cc1ccc(C(=O)Nc2ccnc([C@]3(C)C=C(C)SC(N)=N3)c2)nc1. The van der Waals surface area contributed by atoms with Gasteiger partial charge in [0.25, 0.3) is 5.91 Å². The summed E-state index contributed by atoms with van der Waals surface area (Å²) in [6.07, 6.45) is 10.4. The van der Waals surface area contributed by atoms with Crippen molar-refractivity contribution in [1.29, 1.82) is 0 Å². The van der Waals surface area contributed by atoms with Crippen molar-refractivity contribution in [2.75, 3.05) is 5.32 Å². The number of nitrogens with two attached hydrogens (primary N) is 1. The fraction of sp³-hybridized carbons (Fsp3) is 0.158. The predicted octanol–water partition coefficient (Wildman–Crippen LogP) is 2.89. The van der Waals surface area contributed by atoms with Gasteiger partial charge in [-0.15, -0.1) is 6.42 Å². The second kappa shape index (κ2) is 7.02. The number of hydrogen-bond donors (Lipinski definition) is 2. The van der Waals surface area contributed by atoms with Crippen molar-refractivity contribution >= 4 is 28.5 Å². The lowest BCUT2D eigenvalue weighted by atomic mass is 9.96. The highest BCUT2D eigenvalue weighted by molar-refractivity contribution is 8.17. The van der Waals surface area contributed by atoms with Gasteiger partial charge in [-0.3, -0.25) is 9.78 Å². The van der Waals surface area contributed by atoms with Crippen molar-refractivity contribution < 1.29 is 4.79 Å². The molecule has 1 atom stereocenters. The maximum absolute atomic E-state index is 12.4. The topological polar surface area (TPSA) is 93.3 Å². The monoisotopic (exact) mass is 363 g/mol. The lowest BCUT2D eigenvalue weighted by molar-refractivity contribution is 0.102. The van der Waals surface area contributed by atoms with Crippen molar-refractivity contribution in [3.8, 4) is 12.3 Å². The number of amides is 1. The number of aliphatic imine (C=N–C) groups is 1. The molecule has 6 nitrogen and oxygen atoms in total. The van der Waals surface area contributed by atoms with Gasteiger partial charge in [0.1, 0.15) is 11.2 Å².